The van der Waals surface area contributed by atoms with Gasteiger partial charge in [-0.25, -0.2) is 0 Å². The van der Waals surface area contributed by atoms with Crippen LogP contribution in [0.1, 0.15) is 111 Å². The van der Waals surface area contributed by atoms with Crippen LogP contribution >= 0.6 is 0 Å². The van der Waals surface area contributed by atoms with Crippen LogP contribution in [0.25, 0.3) is 0 Å². The summed E-state index contributed by atoms with van der Waals surface area (Å²) < 4.78 is 25.6. The maximum atomic E-state index is 12.8. The quantitative estimate of drug-likeness (QED) is 0.328. The van der Waals surface area contributed by atoms with E-state index in [1.54, 1.807) is 12.1 Å². The third-order valence-electron chi connectivity index (χ3n) is 11.8. The van der Waals surface area contributed by atoms with Crippen LogP contribution in [0.5, 0.6) is 0 Å². The second-order valence-corrected chi connectivity index (χ2v) is 16.2. The van der Waals surface area contributed by atoms with Gasteiger partial charge in [0.2, 0.25) is 0 Å². The Bertz CT molecular complexity index is 1200. The smallest absolute Gasteiger partial charge is 0.200 e. The number of hydrogen-bond acceptors (Lipinski definition) is 3. The molecule has 3 saturated carbocycles. The number of aryl methyl sites for hydroxylation is 1. The molecule has 1 aromatic rings. The van der Waals surface area contributed by atoms with Crippen LogP contribution in [0, 0.1) is 53.3 Å². The summed E-state index contributed by atoms with van der Waals surface area (Å²) in [7, 11) is -3.65. The molecule has 0 aliphatic heterocycles. The molecule has 3 fully saturated rings. The van der Waals surface area contributed by atoms with Crippen molar-refractivity contribution in [3.63, 3.8) is 0 Å². The van der Waals surface area contributed by atoms with E-state index >= 15 is 0 Å². The van der Waals surface area contributed by atoms with E-state index in [0.717, 1.165) is 66.0 Å². The zero-order chi connectivity index (χ0) is 28.0. The van der Waals surface area contributed by atoms with Gasteiger partial charge in [0.1, 0.15) is 0 Å². The van der Waals surface area contributed by atoms with Crippen molar-refractivity contribution in [2.45, 2.75) is 117 Å². The first-order valence-electron chi connectivity index (χ1n) is 15.8. The van der Waals surface area contributed by atoms with E-state index in [0.29, 0.717) is 5.41 Å². The summed E-state index contributed by atoms with van der Waals surface area (Å²) in [5.74, 6) is 5.05. The number of hydrogen-bond donors (Lipinski definition) is 1. The maximum absolute atomic E-state index is 12.8. The first-order valence-corrected chi connectivity index (χ1v) is 17.3. The second-order valence-electron chi connectivity index (χ2n) is 14.5. The first-order chi connectivity index (χ1) is 18.4. The summed E-state index contributed by atoms with van der Waals surface area (Å²) in [6.07, 6.45) is 16.4. The summed E-state index contributed by atoms with van der Waals surface area (Å²) in [6, 6.07) is 6.94. The number of hydrazone groups is 1. The largest absolute Gasteiger partial charge is 0.276 e. The van der Waals surface area contributed by atoms with Crippen LogP contribution in [0.4, 0.5) is 0 Å². The number of allylic oxidation sites excluding steroid dienone is 2. The van der Waals surface area contributed by atoms with Crippen LogP contribution in [0.3, 0.4) is 0 Å². The molecular formula is C34H52N2O2S. The summed E-state index contributed by atoms with van der Waals surface area (Å²) in [5, 5.41) is 4.41. The molecule has 5 rings (SSSR count). The van der Waals surface area contributed by atoms with Gasteiger partial charge in [-0.15, -0.1) is 0 Å². The lowest BCUT2D eigenvalue weighted by molar-refractivity contribution is -0.0573. The number of rotatable bonds is 8. The van der Waals surface area contributed by atoms with Crippen molar-refractivity contribution in [1.82, 2.24) is 4.83 Å². The normalized spacial score (nSPS) is 36.2. The van der Waals surface area contributed by atoms with E-state index in [2.05, 4.69) is 50.6 Å². The minimum Gasteiger partial charge on any atom is -0.200 e. The summed E-state index contributed by atoms with van der Waals surface area (Å²) >= 11 is 0. The SMILES string of the molecule is Cc1ccc(S(=O)(=O)N/N=C2\C=C3CC[C@H]4[C@@H]5CC[C@H]([C@H](C)CCCC(C)C)[C@@]5(C)CC[C@@H]4[C@@]3(C)CC2)cc1. The van der Waals surface area contributed by atoms with E-state index < -0.39 is 10.0 Å². The molecule has 216 valence electrons. The number of nitrogens with one attached hydrogen (secondary N) is 1. The van der Waals surface area contributed by atoms with Crippen molar-refractivity contribution in [2.24, 2.45) is 51.4 Å². The fourth-order valence-electron chi connectivity index (χ4n) is 9.57. The van der Waals surface area contributed by atoms with Crippen molar-refractivity contribution in [3.05, 3.63) is 41.5 Å². The molecule has 4 aliphatic rings. The zero-order valence-electron chi connectivity index (χ0n) is 25.3. The van der Waals surface area contributed by atoms with E-state index in [1.807, 2.05) is 19.1 Å². The van der Waals surface area contributed by atoms with Crippen molar-refractivity contribution in [2.75, 3.05) is 0 Å². The van der Waals surface area contributed by atoms with Gasteiger partial charge >= 0.3 is 0 Å². The van der Waals surface area contributed by atoms with Crippen molar-refractivity contribution < 1.29 is 8.42 Å². The molecule has 0 unspecified atom stereocenters. The van der Waals surface area contributed by atoms with Crippen LogP contribution in [0.15, 0.2) is 45.9 Å². The van der Waals surface area contributed by atoms with Crippen LogP contribution in [0.2, 0.25) is 0 Å². The van der Waals surface area contributed by atoms with Crippen molar-refractivity contribution >= 4 is 15.7 Å². The van der Waals surface area contributed by atoms with Gasteiger partial charge in [0.05, 0.1) is 10.6 Å². The highest BCUT2D eigenvalue weighted by atomic mass is 32.2. The van der Waals surface area contributed by atoms with E-state index in [9.17, 15) is 8.42 Å². The van der Waals surface area contributed by atoms with Crippen LogP contribution in [-0.4, -0.2) is 14.1 Å². The third-order valence-corrected chi connectivity index (χ3v) is 13.0. The monoisotopic (exact) mass is 552 g/mol. The Morgan fingerprint density at radius 1 is 0.949 bits per heavy atom. The predicted molar refractivity (Wildman–Crippen MR) is 162 cm³/mol. The minimum atomic E-state index is -3.65. The van der Waals surface area contributed by atoms with E-state index in [-0.39, 0.29) is 10.3 Å². The molecule has 0 bridgehead atoms. The second kappa shape index (κ2) is 11.0. The molecule has 1 N–H and O–H groups in total. The Balaban J connectivity index is 1.28. The molecule has 4 nitrogen and oxygen atoms in total. The van der Waals surface area contributed by atoms with Gasteiger partial charge in [0.15, 0.2) is 0 Å². The molecule has 0 amide bonds. The van der Waals surface area contributed by atoms with Gasteiger partial charge in [0.25, 0.3) is 10.0 Å². The van der Waals surface area contributed by atoms with Crippen molar-refractivity contribution in [3.8, 4) is 0 Å². The van der Waals surface area contributed by atoms with E-state index in [4.69, 9.17) is 0 Å². The van der Waals surface area contributed by atoms with Gasteiger partial charge in [-0.3, -0.25) is 0 Å². The van der Waals surface area contributed by atoms with Gasteiger partial charge in [-0.2, -0.15) is 18.4 Å². The Morgan fingerprint density at radius 3 is 2.41 bits per heavy atom. The molecule has 0 spiro atoms. The lowest BCUT2D eigenvalue weighted by Gasteiger charge is -2.58. The fourth-order valence-corrected chi connectivity index (χ4v) is 10.4. The molecule has 0 heterocycles. The summed E-state index contributed by atoms with van der Waals surface area (Å²) in [5.41, 5.74) is 4.20. The Morgan fingerprint density at radius 2 is 1.69 bits per heavy atom. The predicted octanol–water partition coefficient (Wildman–Crippen LogP) is 8.67. The summed E-state index contributed by atoms with van der Waals surface area (Å²) in [4.78, 5) is 2.78. The average molecular weight is 553 g/mol. The van der Waals surface area contributed by atoms with Gasteiger partial charge in [-0.05, 0) is 123 Å². The molecule has 5 heteroatoms. The lowest BCUT2D eigenvalue weighted by atomic mass is 9.46. The van der Waals surface area contributed by atoms with E-state index in [1.165, 1.54) is 56.9 Å². The van der Waals surface area contributed by atoms with Gasteiger partial charge in [-0.1, -0.05) is 77.2 Å². The fraction of sp³-hybridized carbons (Fsp3) is 0.735. The van der Waals surface area contributed by atoms with Gasteiger partial charge in [0, 0.05) is 0 Å². The first kappa shape index (κ1) is 28.9. The zero-order valence-corrected chi connectivity index (χ0v) is 26.1. The minimum absolute atomic E-state index is 0.236. The third kappa shape index (κ3) is 5.51. The maximum Gasteiger partial charge on any atom is 0.276 e. The Hall–Kier alpha value is -1.62. The molecule has 0 saturated heterocycles. The van der Waals surface area contributed by atoms with Crippen molar-refractivity contribution in [1.29, 1.82) is 0 Å². The van der Waals surface area contributed by atoms with Crippen LogP contribution < -0.4 is 4.83 Å². The molecule has 0 aromatic heterocycles. The standard InChI is InChI=1S/C34H52N2O2S/c1-23(2)8-7-9-25(4)30-16-17-31-29-15-12-26-22-27(18-20-33(26,5)32(29)19-21-34(30,31)6)35-36-39(37,38)28-13-10-24(3)11-14-28/h10-11,13-14,22-23,25,29-32,36H,7-9,12,15-21H2,1-6H3/b35-27-/t25-,29+,30-,31+,32+,33+,34-/m1/s1. The number of fused-ring (bicyclic) bond motifs is 5. The highest BCUT2D eigenvalue weighted by Gasteiger charge is 2.59. The lowest BCUT2D eigenvalue weighted by Crippen LogP contribution is -2.51. The highest BCUT2D eigenvalue weighted by molar-refractivity contribution is 7.89. The molecule has 1 aromatic carbocycles. The average Bonchev–Trinajstić information content (AvgIpc) is 3.25. The number of sulfonamides is 1. The molecule has 39 heavy (non-hydrogen) atoms. The highest BCUT2D eigenvalue weighted by Crippen LogP contribution is 2.67. The molecular weight excluding hydrogens is 500 g/mol. The van der Waals surface area contributed by atoms with Gasteiger partial charge < -0.3 is 0 Å². The Labute approximate surface area is 238 Å². The molecule has 0 radical (unpaired) electrons. The molecule has 4 aliphatic carbocycles. The Kier molecular flexibility index (Phi) is 8.14. The number of nitrogens with zero attached hydrogens (tertiary/aromatic N) is 1. The molecule has 7 atom stereocenters. The summed E-state index contributed by atoms with van der Waals surface area (Å²) in [6.45, 7) is 14.4. The number of benzene rings is 1. The van der Waals surface area contributed by atoms with Crippen LogP contribution in [-0.2, 0) is 10.0 Å². The topological polar surface area (TPSA) is 58.5 Å².